The summed E-state index contributed by atoms with van der Waals surface area (Å²) < 4.78 is 1.70. The number of ketones is 1. The molecule has 0 aliphatic heterocycles. The van der Waals surface area contributed by atoms with Gasteiger partial charge in [-0.15, -0.1) is 0 Å². The summed E-state index contributed by atoms with van der Waals surface area (Å²) in [5.74, 6) is 0.343. The van der Waals surface area contributed by atoms with Crippen molar-refractivity contribution in [2.75, 3.05) is 0 Å². The van der Waals surface area contributed by atoms with E-state index in [9.17, 15) is 4.79 Å². The molecule has 0 spiro atoms. The van der Waals surface area contributed by atoms with Gasteiger partial charge >= 0.3 is 0 Å². The Balaban J connectivity index is 1.64. The number of carbonyl (C=O) groups is 1. The zero-order valence-electron chi connectivity index (χ0n) is 15.6. The smallest absolute Gasteiger partial charge is 0.178 e. The molecule has 0 fully saturated rings. The van der Waals surface area contributed by atoms with Gasteiger partial charge in [0.25, 0.3) is 0 Å². The van der Waals surface area contributed by atoms with Crippen molar-refractivity contribution in [1.82, 2.24) is 14.8 Å². The highest BCUT2D eigenvalue weighted by Gasteiger charge is 2.30. The first-order chi connectivity index (χ1) is 12.5. The van der Waals surface area contributed by atoms with Crippen LogP contribution in [0.5, 0.6) is 0 Å². The highest BCUT2D eigenvalue weighted by molar-refractivity contribution is 6.02. The number of rotatable bonds is 5. The maximum atomic E-state index is 12.2. The molecule has 26 heavy (non-hydrogen) atoms. The summed E-state index contributed by atoms with van der Waals surface area (Å²) in [4.78, 5) is 16.2. The monoisotopic (exact) mass is 347 g/mol. The Morgan fingerprint density at radius 3 is 2.65 bits per heavy atom. The largest absolute Gasteiger partial charge is 0.290 e. The summed E-state index contributed by atoms with van der Waals surface area (Å²) in [7, 11) is 0. The number of carbonyl (C=O) groups excluding carboxylic acids is 1. The summed E-state index contributed by atoms with van der Waals surface area (Å²) in [5, 5.41) is 4.10. The van der Waals surface area contributed by atoms with Crippen molar-refractivity contribution in [2.45, 2.75) is 33.6 Å². The third kappa shape index (κ3) is 4.26. The van der Waals surface area contributed by atoms with Gasteiger partial charge in [0.1, 0.15) is 12.7 Å². The van der Waals surface area contributed by atoms with Crippen LogP contribution in [-0.2, 0) is 4.79 Å². The summed E-state index contributed by atoms with van der Waals surface area (Å²) in [5.41, 5.74) is 3.48. The van der Waals surface area contributed by atoms with Gasteiger partial charge in [0, 0.05) is 5.92 Å². The van der Waals surface area contributed by atoms with E-state index in [-0.39, 0.29) is 11.2 Å². The molecule has 1 aliphatic carbocycles. The topological polar surface area (TPSA) is 47.8 Å². The van der Waals surface area contributed by atoms with Crippen LogP contribution in [0.4, 0.5) is 0 Å². The molecule has 0 saturated carbocycles. The lowest BCUT2D eigenvalue weighted by atomic mass is 9.68. The Hall–Kier alpha value is -2.75. The van der Waals surface area contributed by atoms with Crippen LogP contribution in [0.15, 0.2) is 66.8 Å². The molecule has 0 amide bonds. The molecule has 3 rings (SSSR count). The third-order valence-electron chi connectivity index (χ3n) is 5.06. The van der Waals surface area contributed by atoms with Crippen molar-refractivity contribution in [2.24, 2.45) is 11.3 Å². The average molecular weight is 347 g/mol. The lowest BCUT2D eigenvalue weighted by Gasteiger charge is -2.36. The highest BCUT2D eigenvalue weighted by Crippen LogP contribution is 2.41. The van der Waals surface area contributed by atoms with Gasteiger partial charge in [0.15, 0.2) is 5.78 Å². The maximum Gasteiger partial charge on any atom is 0.178 e. The molecule has 0 radical (unpaired) electrons. The Bertz CT molecular complexity index is 840. The molecular formula is C22H25N3O. The van der Waals surface area contributed by atoms with Crippen LogP contribution in [0.25, 0.3) is 11.8 Å². The van der Waals surface area contributed by atoms with Gasteiger partial charge in [-0.1, -0.05) is 49.8 Å². The highest BCUT2D eigenvalue weighted by atomic mass is 16.1. The van der Waals surface area contributed by atoms with Gasteiger partial charge in [-0.3, -0.25) is 4.79 Å². The van der Waals surface area contributed by atoms with E-state index in [2.05, 4.69) is 43.0 Å². The summed E-state index contributed by atoms with van der Waals surface area (Å²) >= 11 is 0. The number of benzene rings is 1. The fourth-order valence-corrected chi connectivity index (χ4v) is 3.49. The fourth-order valence-electron chi connectivity index (χ4n) is 3.49. The van der Waals surface area contributed by atoms with Crippen LogP contribution in [0.1, 0.15) is 39.2 Å². The SMILES string of the molecule is CC1=CCCC(C)(C)C1/C=C/C(=O)/C=C/c1ccc(-n2cncn2)cc1. The quantitative estimate of drug-likeness (QED) is 0.577. The maximum absolute atomic E-state index is 12.2. The molecule has 2 aromatic rings. The molecule has 1 atom stereocenters. The van der Waals surface area contributed by atoms with E-state index >= 15 is 0 Å². The minimum absolute atomic E-state index is 0.0135. The molecule has 1 aromatic carbocycles. The van der Waals surface area contributed by atoms with Crippen molar-refractivity contribution < 1.29 is 4.79 Å². The lowest BCUT2D eigenvalue weighted by Crippen LogP contribution is -2.26. The molecule has 1 unspecified atom stereocenters. The summed E-state index contributed by atoms with van der Waals surface area (Å²) in [6, 6.07) is 7.82. The predicted octanol–water partition coefficient (Wildman–Crippen LogP) is 4.79. The second kappa shape index (κ2) is 7.65. The first-order valence-electron chi connectivity index (χ1n) is 8.98. The number of hydrogen-bond acceptors (Lipinski definition) is 3. The molecule has 0 bridgehead atoms. The molecule has 1 aliphatic rings. The van der Waals surface area contributed by atoms with Crippen LogP contribution in [-0.4, -0.2) is 20.5 Å². The Morgan fingerprint density at radius 2 is 2.00 bits per heavy atom. The van der Waals surface area contributed by atoms with Crippen molar-refractivity contribution in [3.05, 3.63) is 72.4 Å². The van der Waals surface area contributed by atoms with E-state index in [0.29, 0.717) is 5.92 Å². The number of nitrogens with zero attached hydrogens (tertiary/aromatic N) is 3. The van der Waals surface area contributed by atoms with Crippen LogP contribution in [0, 0.1) is 11.3 Å². The van der Waals surface area contributed by atoms with Crippen LogP contribution in [0.3, 0.4) is 0 Å². The van der Waals surface area contributed by atoms with E-state index < -0.39 is 0 Å². The van der Waals surface area contributed by atoms with Crippen LogP contribution in [0.2, 0.25) is 0 Å². The molecule has 0 saturated heterocycles. The number of aromatic nitrogens is 3. The van der Waals surface area contributed by atoms with Crippen molar-refractivity contribution >= 4 is 11.9 Å². The van der Waals surface area contributed by atoms with Crippen molar-refractivity contribution in [3.8, 4) is 5.69 Å². The average Bonchev–Trinajstić information content (AvgIpc) is 3.14. The van der Waals surface area contributed by atoms with Gasteiger partial charge in [-0.05, 0) is 55.0 Å². The molecule has 1 aromatic heterocycles. The van der Waals surface area contributed by atoms with E-state index in [0.717, 1.165) is 24.1 Å². The van der Waals surface area contributed by atoms with E-state index in [4.69, 9.17) is 0 Å². The van der Waals surface area contributed by atoms with Gasteiger partial charge in [0.2, 0.25) is 0 Å². The second-order valence-corrected chi connectivity index (χ2v) is 7.48. The van der Waals surface area contributed by atoms with E-state index in [1.54, 1.807) is 23.2 Å². The second-order valence-electron chi connectivity index (χ2n) is 7.48. The van der Waals surface area contributed by atoms with Gasteiger partial charge in [-0.25, -0.2) is 9.67 Å². The number of allylic oxidation sites excluding steroid dienone is 5. The minimum Gasteiger partial charge on any atom is -0.290 e. The molecular weight excluding hydrogens is 322 g/mol. The van der Waals surface area contributed by atoms with Crippen LogP contribution >= 0.6 is 0 Å². The normalized spacial score (nSPS) is 19.8. The summed E-state index contributed by atoms with van der Waals surface area (Å²) in [6.45, 7) is 6.71. The van der Waals surface area contributed by atoms with E-state index in [1.165, 1.54) is 11.9 Å². The third-order valence-corrected chi connectivity index (χ3v) is 5.06. The van der Waals surface area contributed by atoms with Gasteiger partial charge in [-0.2, -0.15) is 5.10 Å². The molecule has 1 heterocycles. The Labute approximate surface area is 155 Å². The van der Waals surface area contributed by atoms with Gasteiger partial charge < -0.3 is 0 Å². The zero-order valence-corrected chi connectivity index (χ0v) is 15.6. The van der Waals surface area contributed by atoms with Crippen molar-refractivity contribution in [1.29, 1.82) is 0 Å². The van der Waals surface area contributed by atoms with E-state index in [1.807, 2.05) is 30.3 Å². The number of hydrogen-bond donors (Lipinski definition) is 0. The zero-order chi connectivity index (χ0) is 18.6. The molecule has 134 valence electrons. The molecule has 4 nitrogen and oxygen atoms in total. The van der Waals surface area contributed by atoms with Crippen molar-refractivity contribution in [3.63, 3.8) is 0 Å². The summed E-state index contributed by atoms with van der Waals surface area (Å²) in [6.07, 6.45) is 15.0. The van der Waals surface area contributed by atoms with Crippen LogP contribution < -0.4 is 0 Å². The first kappa shape index (κ1) is 18.1. The predicted molar refractivity (Wildman–Crippen MR) is 105 cm³/mol. The first-order valence-corrected chi connectivity index (χ1v) is 8.98. The molecule has 0 N–H and O–H groups in total. The fraction of sp³-hybridized carbons (Fsp3) is 0.318. The Kier molecular flexibility index (Phi) is 5.31. The Morgan fingerprint density at radius 1 is 1.23 bits per heavy atom. The lowest BCUT2D eigenvalue weighted by molar-refractivity contribution is -0.110. The molecule has 4 heteroatoms. The van der Waals surface area contributed by atoms with Gasteiger partial charge in [0.05, 0.1) is 5.69 Å². The minimum atomic E-state index is 0.0135. The standard InChI is InChI=1S/C22H25N3O/c1-17-5-4-14-22(2,3)21(17)13-12-20(26)11-8-18-6-9-19(10-7-18)25-16-23-15-24-25/h5-13,15-16,21H,4,14H2,1-3H3/b11-8+,13-12+.